The molecule has 8 nitrogen and oxygen atoms in total. The van der Waals surface area contributed by atoms with Gasteiger partial charge < -0.3 is 9.30 Å². The number of hydrogen-bond acceptors (Lipinski definition) is 5. The van der Waals surface area contributed by atoms with Crippen LogP contribution in [0.2, 0.25) is 0 Å². The number of rotatable bonds is 3. The maximum Gasteiger partial charge on any atom is 0.341 e. The fourth-order valence-corrected chi connectivity index (χ4v) is 2.20. The highest BCUT2D eigenvalue weighted by Gasteiger charge is 2.21. The molecule has 1 N–H and O–H groups in total. The van der Waals surface area contributed by atoms with E-state index in [4.69, 9.17) is 4.74 Å². The molecule has 0 aromatic carbocycles. The molecule has 0 radical (unpaired) electrons. The zero-order valence-electron chi connectivity index (χ0n) is 11.5. The van der Waals surface area contributed by atoms with Gasteiger partial charge in [0.2, 0.25) is 0 Å². The zero-order valence-corrected chi connectivity index (χ0v) is 11.5. The molecular weight excluding hydrogens is 274 g/mol. The van der Waals surface area contributed by atoms with E-state index in [0.29, 0.717) is 17.8 Å². The Hall–Kier alpha value is -2.90. The molecule has 0 spiro atoms. The van der Waals surface area contributed by atoms with Crippen LogP contribution in [0.3, 0.4) is 0 Å². The average Bonchev–Trinajstić information content (AvgIpc) is 3.04. The second-order valence-corrected chi connectivity index (χ2v) is 4.67. The molecule has 8 heteroatoms. The highest BCUT2D eigenvalue weighted by atomic mass is 16.5. The highest BCUT2D eigenvalue weighted by Crippen LogP contribution is 2.21. The van der Waals surface area contributed by atoms with Crippen molar-refractivity contribution in [1.29, 1.82) is 0 Å². The molecule has 1 aromatic heterocycles. The average molecular weight is 287 g/mol. The minimum Gasteiger partial charge on any atom is -0.465 e. The number of aryl methyl sites for hydroxylation is 1. The molecule has 0 saturated carbocycles. The second kappa shape index (κ2) is 4.89. The minimum absolute atomic E-state index is 0.247. The number of aromatic nitrogens is 5. The summed E-state index contributed by atoms with van der Waals surface area (Å²) in [6.07, 6.45) is 6.85. The summed E-state index contributed by atoms with van der Waals surface area (Å²) in [5.41, 5.74) is 1.53. The van der Waals surface area contributed by atoms with Crippen LogP contribution in [0.25, 0.3) is 11.3 Å². The van der Waals surface area contributed by atoms with E-state index in [2.05, 4.69) is 15.3 Å². The third-order valence-corrected chi connectivity index (χ3v) is 3.14. The van der Waals surface area contributed by atoms with Crippen molar-refractivity contribution in [2.45, 2.75) is 6.54 Å². The largest absolute Gasteiger partial charge is 0.465 e. The molecule has 3 heterocycles. The Kier molecular flexibility index (Phi) is 3.05. The Balaban J connectivity index is 2.10. The number of H-pyrrole nitrogens is 1. The lowest BCUT2D eigenvalue weighted by Gasteiger charge is -2.10. The maximum absolute atomic E-state index is 11.8. The van der Waals surface area contributed by atoms with E-state index in [0.717, 1.165) is 5.56 Å². The van der Waals surface area contributed by atoms with Crippen LogP contribution in [-0.2, 0) is 18.3 Å². The molecule has 1 aromatic rings. The minimum atomic E-state index is -0.535. The Morgan fingerprint density at radius 2 is 2.19 bits per heavy atom. The first-order chi connectivity index (χ1) is 10.1. The van der Waals surface area contributed by atoms with E-state index in [1.165, 1.54) is 7.11 Å². The molecule has 21 heavy (non-hydrogen) atoms. The van der Waals surface area contributed by atoms with E-state index >= 15 is 0 Å². The van der Waals surface area contributed by atoms with Crippen molar-refractivity contribution in [3.63, 3.8) is 0 Å². The van der Waals surface area contributed by atoms with Gasteiger partial charge in [0.15, 0.2) is 0 Å². The van der Waals surface area contributed by atoms with Crippen molar-refractivity contribution in [2.24, 2.45) is 7.05 Å². The summed E-state index contributed by atoms with van der Waals surface area (Å²) in [5, 5.41) is 10.3. The van der Waals surface area contributed by atoms with Crippen LogP contribution in [0.5, 0.6) is 0 Å². The lowest BCUT2D eigenvalue weighted by atomic mass is 10.1. The van der Waals surface area contributed by atoms with Crippen LogP contribution in [0.4, 0.5) is 0 Å². The fraction of sp³-hybridized carbons (Fsp3) is 0.231. The lowest BCUT2D eigenvalue weighted by molar-refractivity contribution is 0.0600. The predicted molar refractivity (Wildman–Crippen MR) is 73.1 cm³/mol. The smallest absolute Gasteiger partial charge is 0.341 e. The summed E-state index contributed by atoms with van der Waals surface area (Å²) < 4.78 is 8.16. The first kappa shape index (κ1) is 13.1. The Bertz CT molecular complexity index is 829. The van der Waals surface area contributed by atoms with Crippen LogP contribution in [0.1, 0.15) is 15.9 Å². The van der Waals surface area contributed by atoms with Crippen molar-refractivity contribution in [3.05, 3.63) is 46.3 Å². The van der Waals surface area contributed by atoms with Gasteiger partial charge in [0.1, 0.15) is 11.3 Å². The van der Waals surface area contributed by atoms with Crippen LogP contribution >= 0.6 is 0 Å². The third-order valence-electron chi connectivity index (χ3n) is 3.14. The van der Waals surface area contributed by atoms with Gasteiger partial charge in [-0.3, -0.25) is 9.48 Å². The molecule has 2 aliphatic heterocycles. The third kappa shape index (κ3) is 2.31. The topological polar surface area (TPSA) is 94.8 Å². The van der Waals surface area contributed by atoms with Crippen LogP contribution < -0.4 is 5.56 Å². The second-order valence-electron chi connectivity index (χ2n) is 4.67. The summed E-state index contributed by atoms with van der Waals surface area (Å²) in [7, 11) is 3.11. The van der Waals surface area contributed by atoms with Gasteiger partial charge in [0.05, 0.1) is 25.4 Å². The van der Waals surface area contributed by atoms with E-state index in [-0.39, 0.29) is 11.1 Å². The van der Waals surface area contributed by atoms with Crippen molar-refractivity contribution in [1.82, 2.24) is 24.5 Å². The summed E-state index contributed by atoms with van der Waals surface area (Å²) >= 11 is 0. The Morgan fingerprint density at radius 1 is 1.38 bits per heavy atom. The maximum atomic E-state index is 11.8. The number of methoxy groups -OCH3 is 1. The number of esters is 1. The first-order valence-electron chi connectivity index (χ1n) is 6.22. The molecule has 3 rings (SSSR count). The number of fused-ring (bicyclic) bond motifs is 1. The van der Waals surface area contributed by atoms with Gasteiger partial charge in [-0.25, -0.2) is 9.89 Å². The van der Waals surface area contributed by atoms with Gasteiger partial charge >= 0.3 is 5.97 Å². The summed E-state index contributed by atoms with van der Waals surface area (Å²) in [5.74, 6) is -0.535. The molecule has 0 unspecified atom stereocenters. The fourth-order valence-electron chi connectivity index (χ4n) is 2.20. The monoisotopic (exact) mass is 287 g/mol. The Labute approximate surface area is 119 Å². The van der Waals surface area contributed by atoms with Crippen molar-refractivity contribution >= 4 is 5.97 Å². The normalized spacial score (nSPS) is 11.0. The quantitative estimate of drug-likeness (QED) is 0.696. The van der Waals surface area contributed by atoms with Gasteiger partial charge in [-0.05, 0) is 0 Å². The van der Waals surface area contributed by atoms with Gasteiger partial charge in [-0.1, -0.05) is 0 Å². The van der Waals surface area contributed by atoms with Gasteiger partial charge in [0, 0.05) is 31.2 Å². The van der Waals surface area contributed by atoms with Crippen LogP contribution in [0.15, 0.2) is 29.6 Å². The number of pyridine rings is 1. The molecule has 2 aliphatic rings. The molecule has 0 atom stereocenters. The molecule has 0 aliphatic carbocycles. The van der Waals surface area contributed by atoms with E-state index in [1.807, 2.05) is 13.2 Å². The number of ether oxygens (including phenoxy) is 1. The van der Waals surface area contributed by atoms with Crippen molar-refractivity contribution in [2.75, 3.05) is 7.11 Å². The van der Waals surface area contributed by atoms with E-state index in [1.54, 1.807) is 27.8 Å². The molecular formula is C13H13N5O3. The number of aromatic amines is 1. The Morgan fingerprint density at radius 3 is 2.86 bits per heavy atom. The standard InChI is InChI=1S/C13H13N5O3/c1-17-4-8(3-14-17)5-18-6-9-11(15-16-12(9)19)10(7-18)13(20)21-2/h3-4,6-7H,5H2,1-2H3,(H,16,19). The summed E-state index contributed by atoms with van der Waals surface area (Å²) in [4.78, 5) is 23.6. The number of carbonyl (C=O) groups excluding carboxylic acids is 1. The van der Waals surface area contributed by atoms with E-state index in [9.17, 15) is 9.59 Å². The number of nitrogens with zero attached hydrogens (tertiary/aromatic N) is 4. The van der Waals surface area contributed by atoms with Crippen molar-refractivity contribution < 1.29 is 9.53 Å². The van der Waals surface area contributed by atoms with Crippen molar-refractivity contribution in [3.8, 4) is 11.3 Å². The summed E-state index contributed by atoms with van der Waals surface area (Å²) in [6, 6.07) is 0. The molecule has 0 amide bonds. The lowest BCUT2D eigenvalue weighted by Crippen LogP contribution is -2.12. The SMILES string of the molecule is COC(=O)c1cn(Cc2cnn(C)c2)cc2c(=O)[nH]nc1-2. The number of nitrogens with one attached hydrogen (secondary N) is 1. The first-order valence-corrected chi connectivity index (χ1v) is 6.22. The molecule has 0 bridgehead atoms. The van der Waals surface area contributed by atoms with Gasteiger partial charge in [0.25, 0.3) is 5.56 Å². The van der Waals surface area contributed by atoms with Gasteiger partial charge in [-0.15, -0.1) is 0 Å². The summed E-state index contributed by atoms with van der Waals surface area (Å²) in [6.45, 7) is 0.485. The van der Waals surface area contributed by atoms with E-state index < -0.39 is 5.97 Å². The van der Waals surface area contributed by atoms with Crippen LogP contribution in [-0.4, -0.2) is 37.6 Å². The molecule has 108 valence electrons. The predicted octanol–water partition coefficient (Wildman–Crippen LogP) is 0.245. The molecule has 0 fully saturated rings. The zero-order chi connectivity index (χ0) is 15.0. The number of carbonyl (C=O) groups is 1. The van der Waals surface area contributed by atoms with Gasteiger partial charge in [-0.2, -0.15) is 10.2 Å². The number of hydrogen-bond donors (Lipinski definition) is 1. The molecule has 0 saturated heterocycles. The highest BCUT2D eigenvalue weighted by molar-refractivity contribution is 5.95. The van der Waals surface area contributed by atoms with Crippen LogP contribution in [0, 0.1) is 0 Å².